The topological polar surface area (TPSA) is 49.8 Å². The van der Waals surface area contributed by atoms with E-state index in [1.165, 1.54) is 13.2 Å². The third kappa shape index (κ3) is 4.21. The molecule has 19 heavy (non-hydrogen) atoms. The Morgan fingerprint density at radius 2 is 2.26 bits per heavy atom. The van der Waals surface area contributed by atoms with E-state index in [9.17, 15) is 9.18 Å². The Labute approximate surface area is 111 Å². The minimum absolute atomic E-state index is 0.0536. The summed E-state index contributed by atoms with van der Waals surface area (Å²) in [5, 5.41) is 8.89. The van der Waals surface area contributed by atoms with E-state index in [0.29, 0.717) is 23.8 Å². The highest BCUT2D eigenvalue weighted by molar-refractivity contribution is 5.69. The fourth-order valence-electron chi connectivity index (χ4n) is 2.07. The highest BCUT2D eigenvalue weighted by atomic mass is 19.1. The molecule has 2 rings (SSSR count). The zero-order valence-electron chi connectivity index (χ0n) is 10.9. The summed E-state index contributed by atoms with van der Waals surface area (Å²) in [5.41, 5.74) is 0.503. The molecule has 0 atom stereocenters. The normalized spacial score (nSPS) is 14.7. The van der Waals surface area contributed by atoms with Crippen molar-refractivity contribution in [3.8, 4) is 5.75 Å². The van der Waals surface area contributed by atoms with Crippen molar-refractivity contribution in [1.29, 1.82) is 0 Å². The second kappa shape index (κ2) is 6.02. The van der Waals surface area contributed by atoms with Crippen molar-refractivity contribution in [2.75, 3.05) is 20.2 Å². The van der Waals surface area contributed by atoms with Gasteiger partial charge in [-0.1, -0.05) is 6.07 Å². The average Bonchev–Trinajstić information content (AvgIpc) is 3.14. The minimum Gasteiger partial charge on any atom is -0.497 e. The molecule has 1 saturated carbocycles. The molecule has 0 aliphatic heterocycles. The molecule has 1 aliphatic carbocycles. The molecule has 1 N–H and O–H groups in total. The first-order valence-electron chi connectivity index (χ1n) is 6.35. The number of carbonyl (C=O) groups is 1. The number of aliphatic carboxylic acids is 1. The fraction of sp³-hybridized carbons (Fsp3) is 0.500. The summed E-state index contributed by atoms with van der Waals surface area (Å²) < 4.78 is 18.8. The van der Waals surface area contributed by atoms with Crippen molar-refractivity contribution in [3.63, 3.8) is 0 Å². The molecule has 0 amide bonds. The van der Waals surface area contributed by atoms with Gasteiger partial charge in [0.1, 0.15) is 11.6 Å². The summed E-state index contributed by atoms with van der Waals surface area (Å²) in [6.07, 6.45) is 2.28. The number of carboxylic acid groups (broad SMARTS) is 1. The molecular formula is C14H18FNO3. The second-order valence-corrected chi connectivity index (χ2v) is 4.96. The molecule has 4 nitrogen and oxygen atoms in total. The largest absolute Gasteiger partial charge is 0.497 e. The van der Waals surface area contributed by atoms with Crippen LogP contribution in [0.25, 0.3) is 0 Å². The number of hydrogen-bond donors (Lipinski definition) is 1. The van der Waals surface area contributed by atoms with Crippen molar-refractivity contribution in [2.45, 2.75) is 19.4 Å². The first-order chi connectivity index (χ1) is 9.08. The lowest BCUT2D eigenvalue weighted by atomic mass is 10.2. The minimum atomic E-state index is -0.880. The zero-order chi connectivity index (χ0) is 13.8. The highest BCUT2D eigenvalue weighted by Crippen LogP contribution is 2.30. The van der Waals surface area contributed by atoms with Crippen LogP contribution in [0.3, 0.4) is 0 Å². The van der Waals surface area contributed by atoms with Gasteiger partial charge in [-0.3, -0.25) is 9.69 Å². The van der Waals surface area contributed by atoms with Gasteiger partial charge in [0.05, 0.1) is 13.7 Å². The van der Waals surface area contributed by atoms with E-state index < -0.39 is 5.97 Å². The maximum absolute atomic E-state index is 13.8. The van der Waals surface area contributed by atoms with Crippen LogP contribution in [0.4, 0.5) is 4.39 Å². The van der Waals surface area contributed by atoms with Crippen LogP contribution >= 0.6 is 0 Å². The van der Waals surface area contributed by atoms with Crippen LogP contribution in [0, 0.1) is 11.7 Å². The van der Waals surface area contributed by atoms with E-state index in [1.807, 2.05) is 0 Å². The summed E-state index contributed by atoms with van der Waals surface area (Å²) >= 11 is 0. The number of ether oxygens (including phenoxy) is 1. The van der Waals surface area contributed by atoms with Gasteiger partial charge in [-0.25, -0.2) is 4.39 Å². The van der Waals surface area contributed by atoms with Gasteiger partial charge in [-0.2, -0.15) is 0 Å². The van der Waals surface area contributed by atoms with Crippen LogP contribution in [0.15, 0.2) is 18.2 Å². The molecule has 0 heterocycles. The smallest absolute Gasteiger partial charge is 0.317 e. The number of nitrogens with zero attached hydrogens (tertiary/aromatic N) is 1. The lowest BCUT2D eigenvalue weighted by molar-refractivity contribution is -0.138. The molecule has 0 bridgehead atoms. The fourth-order valence-corrected chi connectivity index (χ4v) is 2.07. The average molecular weight is 267 g/mol. The van der Waals surface area contributed by atoms with Crippen LogP contribution in [0.5, 0.6) is 5.75 Å². The van der Waals surface area contributed by atoms with E-state index in [0.717, 1.165) is 19.4 Å². The van der Waals surface area contributed by atoms with E-state index >= 15 is 0 Å². The molecular weight excluding hydrogens is 249 g/mol. The Bertz CT molecular complexity index is 460. The van der Waals surface area contributed by atoms with Gasteiger partial charge in [0.15, 0.2) is 0 Å². The molecule has 1 aromatic carbocycles. The van der Waals surface area contributed by atoms with Gasteiger partial charge in [-0.05, 0) is 24.8 Å². The third-order valence-electron chi connectivity index (χ3n) is 3.23. The Balaban J connectivity index is 2.04. The second-order valence-electron chi connectivity index (χ2n) is 4.96. The number of hydrogen-bond acceptors (Lipinski definition) is 3. The van der Waals surface area contributed by atoms with Crippen molar-refractivity contribution in [1.82, 2.24) is 4.90 Å². The predicted molar refractivity (Wildman–Crippen MR) is 68.6 cm³/mol. The molecule has 0 saturated heterocycles. The quantitative estimate of drug-likeness (QED) is 0.822. The molecule has 0 spiro atoms. The molecule has 1 fully saturated rings. The lowest BCUT2D eigenvalue weighted by Gasteiger charge is -2.20. The van der Waals surface area contributed by atoms with E-state index in [4.69, 9.17) is 9.84 Å². The molecule has 0 aromatic heterocycles. The summed E-state index contributed by atoms with van der Waals surface area (Å²) in [4.78, 5) is 12.6. The molecule has 1 aliphatic rings. The SMILES string of the molecule is COc1ccc(CN(CC(=O)O)CC2CC2)c(F)c1. The predicted octanol–water partition coefficient (Wildman–Crippen LogP) is 2.13. The van der Waals surface area contributed by atoms with E-state index in [-0.39, 0.29) is 12.4 Å². The molecule has 0 unspecified atom stereocenters. The van der Waals surface area contributed by atoms with Crippen molar-refractivity contribution in [2.24, 2.45) is 5.92 Å². The van der Waals surface area contributed by atoms with Gasteiger partial charge < -0.3 is 9.84 Å². The molecule has 104 valence electrons. The number of rotatable bonds is 7. The van der Waals surface area contributed by atoms with Crippen LogP contribution in [-0.4, -0.2) is 36.2 Å². The summed E-state index contributed by atoms with van der Waals surface area (Å²) in [5.74, 6) is -0.200. The summed E-state index contributed by atoms with van der Waals surface area (Å²) in [7, 11) is 1.48. The van der Waals surface area contributed by atoms with Crippen LogP contribution < -0.4 is 4.74 Å². The van der Waals surface area contributed by atoms with Crippen LogP contribution in [-0.2, 0) is 11.3 Å². The monoisotopic (exact) mass is 267 g/mol. The maximum atomic E-state index is 13.8. The molecule has 5 heteroatoms. The van der Waals surface area contributed by atoms with Crippen LogP contribution in [0.2, 0.25) is 0 Å². The number of methoxy groups -OCH3 is 1. The Morgan fingerprint density at radius 3 is 2.79 bits per heavy atom. The first-order valence-corrected chi connectivity index (χ1v) is 6.35. The standard InChI is InChI=1S/C14H18FNO3/c1-19-12-5-4-11(13(15)6-12)8-16(9-14(17)18)7-10-2-3-10/h4-6,10H,2-3,7-9H2,1H3,(H,17,18). The number of carboxylic acids is 1. The van der Waals surface area contributed by atoms with Crippen LogP contribution in [0.1, 0.15) is 18.4 Å². The Kier molecular flexibility index (Phi) is 4.37. The van der Waals surface area contributed by atoms with Crippen molar-refractivity contribution < 1.29 is 19.0 Å². The van der Waals surface area contributed by atoms with Gasteiger partial charge >= 0.3 is 5.97 Å². The van der Waals surface area contributed by atoms with E-state index in [2.05, 4.69) is 0 Å². The van der Waals surface area contributed by atoms with Crippen molar-refractivity contribution >= 4 is 5.97 Å². The Morgan fingerprint density at radius 1 is 1.53 bits per heavy atom. The maximum Gasteiger partial charge on any atom is 0.317 e. The number of halogens is 1. The zero-order valence-corrected chi connectivity index (χ0v) is 10.9. The highest BCUT2D eigenvalue weighted by Gasteiger charge is 2.25. The Hall–Kier alpha value is -1.62. The van der Waals surface area contributed by atoms with E-state index in [1.54, 1.807) is 17.0 Å². The first kappa shape index (κ1) is 13.8. The summed E-state index contributed by atoms with van der Waals surface area (Å²) in [6.45, 7) is 0.984. The van der Waals surface area contributed by atoms with Crippen molar-refractivity contribution in [3.05, 3.63) is 29.6 Å². The molecule has 0 radical (unpaired) electrons. The van der Waals surface area contributed by atoms with Gasteiger partial charge in [0.25, 0.3) is 0 Å². The summed E-state index contributed by atoms with van der Waals surface area (Å²) in [6, 6.07) is 4.66. The lowest BCUT2D eigenvalue weighted by Crippen LogP contribution is -2.31. The van der Waals surface area contributed by atoms with Gasteiger partial charge in [0.2, 0.25) is 0 Å². The third-order valence-corrected chi connectivity index (χ3v) is 3.23. The van der Waals surface area contributed by atoms with Gasteiger partial charge in [-0.15, -0.1) is 0 Å². The number of benzene rings is 1. The van der Waals surface area contributed by atoms with Gasteiger partial charge in [0, 0.05) is 24.7 Å². The molecule has 1 aromatic rings.